The van der Waals surface area contributed by atoms with Crippen molar-refractivity contribution in [3.8, 4) is 5.88 Å². The molecule has 1 aliphatic carbocycles. The van der Waals surface area contributed by atoms with Gasteiger partial charge in [0.1, 0.15) is 5.82 Å². The maximum Gasteiger partial charge on any atom is 0.422 e. The Morgan fingerprint density at radius 1 is 1.19 bits per heavy atom. The summed E-state index contributed by atoms with van der Waals surface area (Å²) in [4.78, 5) is 32.7. The Labute approximate surface area is 177 Å². The third-order valence-corrected chi connectivity index (χ3v) is 4.57. The van der Waals surface area contributed by atoms with E-state index in [-0.39, 0.29) is 24.2 Å². The van der Waals surface area contributed by atoms with Gasteiger partial charge in [-0.05, 0) is 56.4 Å². The van der Waals surface area contributed by atoms with Gasteiger partial charge in [0.05, 0.1) is 0 Å². The van der Waals surface area contributed by atoms with Gasteiger partial charge in [-0.15, -0.1) is 0 Å². The second kappa shape index (κ2) is 9.32. The van der Waals surface area contributed by atoms with Crippen LogP contribution in [0.4, 0.5) is 19.0 Å². The number of pyridine rings is 2. The lowest BCUT2D eigenvalue weighted by Crippen LogP contribution is -2.24. The van der Waals surface area contributed by atoms with Crippen molar-refractivity contribution in [2.75, 3.05) is 11.9 Å². The van der Waals surface area contributed by atoms with Gasteiger partial charge < -0.3 is 15.4 Å². The summed E-state index contributed by atoms with van der Waals surface area (Å²) < 4.78 is 41.5. The molecule has 0 aliphatic heterocycles. The van der Waals surface area contributed by atoms with E-state index in [2.05, 4.69) is 25.3 Å². The fraction of sp³-hybridized carbons (Fsp3) is 0.429. The van der Waals surface area contributed by atoms with E-state index in [9.17, 15) is 22.8 Å². The molecular weight excluding hydrogens is 413 g/mol. The number of rotatable bonds is 8. The van der Waals surface area contributed by atoms with Crippen molar-refractivity contribution in [2.24, 2.45) is 5.92 Å². The molecule has 166 valence electrons. The van der Waals surface area contributed by atoms with Crippen molar-refractivity contribution >= 4 is 17.6 Å². The summed E-state index contributed by atoms with van der Waals surface area (Å²) in [5, 5.41) is 5.45. The number of anilines is 1. The fourth-order valence-electron chi connectivity index (χ4n) is 2.94. The molecule has 0 atom stereocenters. The molecule has 0 unspecified atom stereocenters. The first kappa shape index (κ1) is 22.5. The summed E-state index contributed by atoms with van der Waals surface area (Å²) in [6.07, 6.45) is -0.523. The Balaban J connectivity index is 1.58. The summed E-state index contributed by atoms with van der Waals surface area (Å²) in [6.45, 7) is 2.00. The van der Waals surface area contributed by atoms with Crippen LogP contribution in [0.25, 0.3) is 0 Å². The van der Waals surface area contributed by atoms with E-state index in [0.29, 0.717) is 40.5 Å². The SMILES string of the molecule is Cc1cc(C(=O)NCc2cnc(OCC(F)(F)F)c(C)c2)cc(NC(=O)CC2CC2)n1. The topological polar surface area (TPSA) is 93.2 Å². The predicted octanol–water partition coefficient (Wildman–Crippen LogP) is 3.70. The maximum atomic E-state index is 12.5. The molecule has 7 nitrogen and oxygen atoms in total. The molecule has 31 heavy (non-hydrogen) atoms. The normalized spacial score (nSPS) is 13.6. The molecule has 1 aliphatic rings. The Morgan fingerprint density at radius 3 is 2.58 bits per heavy atom. The third-order valence-electron chi connectivity index (χ3n) is 4.57. The highest BCUT2D eigenvalue weighted by Crippen LogP contribution is 2.32. The van der Waals surface area contributed by atoms with Crippen LogP contribution >= 0.6 is 0 Å². The monoisotopic (exact) mass is 436 g/mol. The van der Waals surface area contributed by atoms with Crippen molar-refractivity contribution in [3.05, 3.63) is 46.8 Å². The molecule has 3 rings (SSSR count). The minimum Gasteiger partial charge on any atom is -0.468 e. The van der Waals surface area contributed by atoms with Crippen molar-refractivity contribution in [1.82, 2.24) is 15.3 Å². The number of amides is 2. The molecule has 1 fully saturated rings. The van der Waals surface area contributed by atoms with Gasteiger partial charge in [0, 0.05) is 36.0 Å². The minimum atomic E-state index is -4.44. The molecule has 1 saturated carbocycles. The standard InChI is InChI=1S/C21H23F3N4O3/c1-12-5-15(10-26-20(12)31-11-21(22,23)24)9-25-19(30)16-6-13(2)27-17(8-16)28-18(29)7-14-3-4-14/h5-6,8,10,14H,3-4,7,9,11H2,1-2H3,(H,25,30)(H,27,28,29). The third kappa shape index (κ3) is 7.23. The van der Waals surface area contributed by atoms with Crippen LogP contribution < -0.4 is 15.4 Å². The smallest absolute Gasteiger partial charge is 0.422 e. The Kier molecular flexibility index (Phi) is 6.77. The van der Waals surface area contributed by atoms with Crippen molar-refractivity contribution < 1.29 is 27.5 Å². The van der Waals surface area contributed by atoms with Crippen LogP contribution in [0, 0.1) is 19.8 Å². The largest absolute Gasteiger partial charge is 0.468 e. The number of carbonyl (C=O) groups is 2. The Morgan fingerprint density at radius 2 is 1.94 bits per heavy atom. The lowest BCUT2D eigenvalue weighted by atomic mass is 10.2. The predicted molar refractivity (Wildman–Crippen MR) is 107 cm³/mol. The van der Waals surface area contributed by atoms with Crippen LogP contribution in [-0.2, 0) is 11.3 Å². The van der Waals surface area contributed by atoms with Crippen LogP contribution in [-0.4, -0.2) is 34.6 Å². The van der Waals surface area contributed by atoms with Gasteiger partial charge in [-0.3, -0.25) is 9.59 Å². The first-order valence-electron chi connectivity index (χ1n) is 9.81. The first-order chi connectivity index (χ1) is 14.6. The molecule has 2 aromatic rings. The number of halogens is 3. The number of nitrogens with zero attached hydrogens (tertiary/aromatic N) is 2. The molecule has 2 heterocycles. The van der Waals surface area contributed by atoms with Gasteiger partial charge in [0.15, 0.2) is 6.61 Å². The second-order valence-electron chi connectivity index (χ2n) is 7.63. The van der Waals surface area contributed by atoms with Crippen LogP contribution in [0.1, 0.15) is 46.4 Å². The van der Waals surface area contributed by atoms with Crippen molar-refractivity contribution in [1.29, 1.82) is 0 Å². The van der Waals surface area contributed by atoms with Gasteiger partial charge in [0.25, 0.3) is 5.91 Å². The highest BCUT2D eigenvalue weighted by molar-refractivity contribution is 5.96. The van der Waals surface area contributed by atoms with E-state index in [1.165, 1.54) is 12.3 Å². The van der Waals surface area contributed by atoms with Crippen molar-refractivity contribution in [3.63, 3.8) is 0 Å². The van der Waals surface area contributed by atoms with Crippen LogP contribution in [0.15, 0.2) is 24.4 Å². The van der Waals surface area contributed by atoms with Gasteiger partial charge in [0.2, 0.25) is 11.8 Å². The maximum absolute atomic E-state index is 12.5. The molecule has 0 aromatic carbocycles. The lowest BCUT2D eigenvalue weighted by molar-refractivity contribution is -0.154. The molecule has 10 heteroatoms. The van der Waals surface area contributed by atoms with Gasteiger partial charge in [-0.2, -0.15) is 13.2 Å². The summed E-state index contributed by atoms with van der Waals surface area (Å²) in [5.74, 6) is 0.151. The zero-order valence-electron chi connectivity index (χ0n) is 17.2. The van der Waals surface area contributed by atoms with Crippen LogP contribution in [0.5, 0.6) is 5.88 Å². The van der Waals surface area contributed by atoms with E-state index < -0.39 is 12.8 Å². The highest BCUT2D eigenvalue weighted by Gasteiger charge is 2.29. The summed E-state index contributed by atoms with van der Waals surface area (Å²) in [7, 11) is 0. The molecular formula is C21H23F3N4O3. The highest BCUT2D eigenvalue weighted by atomic mass is 19.4. The van der Waals surface area contributed by atoms with E-state index in [0.717, 1.165) is 12.8 Å². The summed E-state index contributed by atoms with van der Waals surface area (Å²) in [5.41, 5.74) is 1.95. The summed E-state index contributed by atoms with van der Waals surface area (Å²) >= 11 is 0. The fourth-order valence-corrected chi connectivity index (χ4v) is 2.94. The minimum absolute atomic E-state index is 0.108. The van der Waals surface area contributed by atoms with Gasteiger partial charge in [-0.1, -0.05) is 0 Å². The van der Waals surface area contributed by atoms with Crippen LogP contribution in [0.3, 0.4) is 0 Å². The summed E-state index contributed by atoms with van der Waals surface area (Å²) in [6, 6.07) is 4.70. The number of aryl methyl sites for hydroxylation is 2. The van der Waals surface area contributed by atoms with Crippen molar-refractivity contribution in [2.45, 2.75) is 45.8 Å². The number of carbonyl (C=O) groups excluding carboxylic acids is 2. The molecule has 2 amide bonds. The second-order valence-corrected chi connectivity index (χ2v) is 7.63. The van der Waals surface area contributed by atoms with Crippen LogP contribution in [0.2, 0.25) is 0 Å². The van der Waals surface area contributed by atoms with Gasteiger partial charge in [-0.25, -0.2) is 9.97 Å². The average Bonchev–Trinajstić information content (AvgIpc) is 3.47. The molecule has 2 aromatic heterocycles. The molecule has 0 spiro atoms. The molecule has 2 N–H and O–H groups in total. The number of alkyl halides is 3. The Bertz CT molecular complexity index is 975. The number of hydrogen-bond donors (Lipinski definition) is 2. The quantitative estimate of drug-likeness (QED) is 0.658. The lowest BCUT2D eigenvalue weighted by Gasteiger charge is -2.12. The molecule has 0 bridgehead atoms. The first-order valence-corrected chi connectivity index (χ1v) is 9.81. The Hall–Kier alpha value is -3.17. The number of aromatic nitrogens is 2. The van der Waals surface area contributed by atoms with E-state index in [1.54, 1.807) is 26.0 Å². The molecule has 0 radical (unpaired) electrons. The molecule has 0 saturated heterocycles. The van der Waals surface area contributed by atoms with E-state index in [1.807, 2.05) is 0 Å². The zero-order valence-corrected chi connectivity index (χ0v) is 17.2. The zero-order chi connectivity index (χ0) is 22.6. The average molecular weight is 436 g/mol. The van der Waals surface area contributed by atoms with E-state index >= 15 is 0 Å². The number of nitrogens with one attached hydrogen (secondary N) is 2. The number of ether oxygens (including phenoxy) is 1. The van der Waals surface area contributed by atoms with E-state index in [4.69, 9.17) is 0 Å². The number of hydrogen-bond acceptors (Lipinski definition) is 5. The van der Waals surface area contributed by atoms with Gasteiger partial charge >= 0.3 is 6.18 Å².